The van der Waals surface area contributed by atoms with Gasteiger partial charge in [-0.05, 0) is 45.3 Å². The first kappa shape index (κ1) is 17.2. The lowest BCUT2D eigenvalue weighted by molar-refractivity contribution is 0.0947. The molecular weight excluding hydrogens is 312 g/mol. The van der Waals surface area contributed by atoms with Crippen LogP contribution in [0, 0.1) is 0 Å². The Balaban J connectivity index is 1.89. The molecule has 0 saturated carbocycles. The van der Waals surface area contributed by atoms with Crippen molar-refractivity contribution in [3.05, 3.63) is 35.3 Å². The van der Waals surface area contributed by atoms with E-state index in [1.807, 2.05) is 50.2 Å². The van der Waals surface area contributed by atoms with Gasteiger partial charge in [-0.15, -0.1) is 11.3 Å². The zero-order valence-electron chi connectivity index (χ0n) is 13.6. The molecule has 1 heterocycles. The number of carbonyl (C=O) groups excluding carboxylic acids is 1. The lowest BCUT2D eigenvalue weighted by atomic mass is 10.3. The van der Waals surface area contributed by atoms with Crippen LogP contribution in [0.5, 0.6) is 5.75 Å². The lowest BCUT2D eigenvalue weighted by Gasteiger charge is -2.09. The summed E-state index contributed by atoms with van der Waals surface area (Å²) in [6, 6.07) is 7.63. The SMILES string of the molecule is CCOc1ccc(Nc2nc(C(=O)NCCN(C)C)cs2)cc1. The van der Waals surface area contributed by atoms with E-state index in [1.54, 1.807) is 5.38 Å². The van der Waals surface area contributed by atoms with Crippen LogP contribution in [0.3, 0.4) is 0 Å². The Morgan fingerprint density at radius 2 is 2.04 bits per heavy atom. The van der Waals surface area contributed by atoms with E-state index >= 15 is 0 Å². The Hall–Kier alpha value is -2.12. The number of carbonyl (C=O) groups is 1. The van der Waals surface area contributed by atoms with Gasteiger partial charge in [-0.1, -0.05) is 0 Å². The van der Waals surface area contributed by atoms with Crippen LogP contribution in [0.4, 0.5) is 10.8 Å². The van der Waals surface area contributed by atoms with E-state index in [-0.39, 0.29) is 5.91 Å². The summed E-state index contributed by atoms with van der Waals surface area (Å²) in [6.07, 6.45) is 0. The van der Waals surface area contributed by atoms with Crippen LogP contribution in [0.1, 0.15) is 17.4 Å². The first-order valence-electron chi connectivity index (χ1n) is 7.47. The number of thiazole rings is 1. The Morgan fingerprint density at radius 3 is 2.70 bits per heavy atom. The van der Waals surface area contributed by atoms with E-state index in [4.69, 9.17) is 4.74 Å². The molecule has 0 aliphatic rings. The third-order valence-electron chi connectivity index (χ3n) is 3.00. The van der Waals surface area contributed by atoms with Crippen LogP contribution < -0.4 is 15.4 Å². The highest BCUT2D eigenvalue weighted by Gasteiger charge is 2.10. The van der Waals surface area contributed by atoms with E-state index in [2.05, 4.69) is 15.6 Å². The Bertz CT molecular complexity index is 625. The number of nitrogens with one attached hydrogen (secondary N) is 2. The number of ether oxygens (including phenoxy) is 1. The molecule has 0 aliphatic heterocycles. The van der Waals surface area contributed by atoms with Gasteiger partial charge >= 0.3 is 0 Å². The van der Waals surface area contributed by atoms with Crippen molar-refractivity contribution < 1.29 is 9.53 Å². The van der Waals surface area contributed by atoms with Crippen molar-refractivity contribution in [1.29, 1.82) is 0 Å². The van der Waals surface area contributed by atoms with Crippen LogP contribution >= 0.6 is 11.3 Å². The Labute approximate surface area is 140 Å². The number of amides is 1. The van der Waals surface area contributed by atoms with Crippen molar-refractivity contribution in [2.24, 2.45) is 0 Å². The number of hydrogen-bond acceptors (Lipinski definition) is 6. The number of likely N-dealkylation sites (N-methyl/N-ethyl adjacent to an activating group) is 1. The van der Waals surface area contributed by atoms with Crippen LogP contribution in [-0.2, 0) is 0 Å². The topological polar surface area (TPSA) is 66.5 Å². The molecule has 0 radical (unpaired) electrons. The molecule has 0 bridgehead atoms. The zero-order valence-corrected chi connectivity index (χ0v) is 14.4. The van der Waals surface area contributed by atoms with E-state index < -0.39 is 0 Å². The van der Waals surface area contributed by atoms with Crippen molar-refractivity contribution >= 4 is 28.1 Å². The summed E-state index contributed by atoms with van der Waals surface area (Å²) in [6.45, 7) is 4.00. The Kier molecular flexibility index (Phi) is 6.37. The second kappa shape index (κ2) is 8.50. The molecule has 0 spiro atoms. The monoisotopic (exact) mass is 334 g/mol. The summed E-state index contributed by atoms with van der Waals surface area (Å²) in [4.78, 5) is 18.3. The first-order valence-corrected chi connectivity index (χ1v) is 8.34. The number of hydrogen-bond donors (Lipinski definition) is 2. The van der Waals surface area contributed by atoms with Crippen LogP contribution in [0.25, 0.3) is 0 Å². The number of aromatic nitrogens is 1. The molecule has 1 aromatic carbocycles. The third-order valence-corrected chi connectivity index (χ3v) is 3.76. The van der Waals surface area contributed by atoms with Crippen molar-refractivity contribution in [3.63, 3.8) is 0 Å². The summed E-state index contributed by atoms with van der Waals surface area (Å²) in [5.41, 5.74) is 1.34. The van der Waals surface area contributed by atoms with Crippen molar-refractivity contribution in [1.82, 2.24) is 15.2 Å². The number of nitrogens with zero attached hydrogens (tertiary/aromatic N) is 2. The van der Waals surface area contributed by atoms with Crippen LogP contribution in [0.2, 0.25) is 0 Å². The van der Waals surface area contributed by atoms with E-state index in [1.165, 1.54) is 11.3 Å². The fourth-order valence-corrected chi connectivity index (χ4v) is 2.55. The lowest BCUT2D eigenvalue weighted by Crippen LogP contribution is -2.31. The van der Waals surface area contributed by atoms with E-state index in [9.17, 15) is 4.79 Å². The molecule has 6 nitrogen and oxygen atoms in total. The maximum absolute atomic E-state index is 12.0. The van der Waals surface area contributed by atoms with Gasteiger partial charge in [-0.25, -0.2) is 4.98 Å². The third kappa shape index (κ3) is 5.54. The fraction of sp³-hybridized carbons (Fsp3) is 0.375. The highest BCUT2D eigenvalue weighted by molar-refractivity contribution is 7.14. The minimum Gasteiger partial charge on any atom is -0.494 e. The summed E-state index contributed by atoms with van der Waals surface area (Å²) in [5.74, 6) is 0.681. The highest BCUT2D eigenvalue weighted by Crippen LogP contribution is 2.22. The predicted molar refractivity (Wildman–Crippen MR) is 93.9 cm³/mol. The molecule has 2 aromatic rings. The van der Waals surface area contributed by atoms with Crippen molar-refractivity contribution in [2.45, 2.75) is 6.92 Å². The van der Waals surface area contributed by atoms with Crippen LogP contribution in [-0.4, -0.2) is 49.6 Å². The summed E-state index contributed by atoms with van der Waals surface area (Å²) in [5, 5.41) is 8.47. The standard InChI is InChI=1S/C16H22N4O2S/c1-4-22-13-7-5-12(6-8-13)18-16-19-14(11-23-16)15(21)17-9-10-20(2)3/h5-8,11H,4,9-10H2,1-3H3,(H,17,21)(H,18,19). The smallest absolute Gasteiger partial charge is 0.270 e. The van der Waals surface area contributed by atoms with Gasteiger partial charge in [-0.3, -0.25) is 4.79 Å². The van der Waals surface area contributed by atoms with Crippen molar-refractivity contribution in [3.8, 4) is 5.75 Å². The zero-order chi connectivity index (χ0) is 16.7. The van der Waals surface area contributed by atoms with Crippen LogP contribution in [0.15, 0.2) is 29.6 Å². The summed E-state index contributed by atoms with van der Waals surface area (Å²) >= 11 is 1.40. The number of anilines is 2. The molecule has 124 valence electrons. The molecule has 23 heavy (non-hydrogen) atoms. The second-order valence-electron chi connectivity index (χ2n) is 5.18. The van der Waals surface area contributed by atoms with Gasteiger partial charge in [0.25, 0.3) is 5.91 Å². The second-order valence-corrected chi connectivity index (χ2v) is 6.04. The highest BCUT2D eigenvalue weighted by atomic mass is 32.1. The van der Waals surface area contributed by atoms with Crippen molar-refractivity contribution in [2.75, 3.05) is 39.1 Å². The van der Waals surface area contributed by atoms with Gasteiger partial charge in [0, 0.05) is 24.2 Å². The molecule has 0 saturated heterocycles. The van der Waals surface area contributed by atoms with Gasteiger partial charge in [-0.2, -0.15) is 0 Å². The van der Waals surface area contributed by atoms with Gasteiger partial charge < -0.3 is 20.3 Å². The molecule has 2 N–H and O–H groups in total. The first-order chi connectivity index (χ1) is 11.1. The van der Waals surface area contributed by atoms with Gasteiger partial charge in [0.1, 0.15) is 11.4 Å². The maximum atomic E-state index is 12.0. The molecular formula is C16H22N4O2S. The molecule has 7 heteroatoms. The summed E-state index contributed by atoms with van der Waals surface area (Å²) < 4.78 is 5.40. The fourth-order valence-electron chi connectivity index (χ4n) is 1.84. The molecule has 1 amide bonds. The van der Waals surface area contributed by atoms with E-state index in [0.29, 0.717) is 24.0 Å². The average Bonchev–Trinajstić information content (AvgIpc) is 2.98. The normalized spacial score (nSPS) is 10.6. The summed E-state index contributed by atoms with van der Waals surface area (Å²) in [7, 11) is 3.93. The minimum atomic E-state index is -0.150. The Morgan fingerprint density at radius 1 is 1.30 bits per heavy atom. The molecule has 0 atom stereocenters. The molecule has 2 rings (SSSR count). The quantitative estimate of drug-likeness (QED) is 0.777. The van der Waals surface area contributed by atoms with E-state index in [0.717, 1.165) is 18.0 Å². The molecule has 0 aliphatic carbocycles. The number of rotatable bonds is 8. The van der Waals surface area contributed by atoms with Gasteiger partial charge in [0.15, 0.2) is 5.13 Å². The maximum Gasteiger partial charge on any atom is 0.270 e. The minimum absolute atomic E-state index is 0.150. The molecule has 1 aromatic heterocycles. The molecule has 0 unspecified atom stereocenters. The largest absolute Gasteiger partial charge is 0.494 e. The molecule has 0 fully saturated rings. The number of benzene rings is 1. The predicted octanol–water partition coefficient (Wildman–Crippen LogP) is 2.58. The van der Waals surface area contributed by atoms with Gasteiger partial charge in [0.05, 0.1) is 6.61 Å². The average molecular weight is 334 g/mol. The van der Waals surface area contributed by atoms with Gasteiger partial charge in [0.2, 0.25) is 0 Å².